The second kappa shape index (κ2) is 8.80. The van der Waals surface area contributed by atoms with Gasteiger partial charge in [0.2, 0.25) is 0 Å². The highest BCUT2D eigenvalue weighted by molar-refractivity contribution is 6.30. The third-order valence-electron chi connectivity index (χ3n) is 4.66. The quantitative estimate of drug-likeness (QED) is 0.671. The van der Waals surface area contributed by atoms with Crippen molar-refractivity contribution in [2.45, 2.75) is 58.3 Å². The fourth-order valence-electron chi connectivity index (χ4n) is 3.53. The van der Waals surface area contributed by atoms with Gasteiger partial charge in [0.1, 0.15) is 0 Å². The van der Waals surface area contributed by atoms with Crippen LogP contribution in [0, 0.1) is 11.8 Å². The maximum atomic E-state index is 6.22. The first-order chi connectivity index (χ1) is 10.2. The molecule has 0 spiro atoms. The van der Waals surface area contributed by atoms with Gasteiger partial charge in [-0.2, -0.15) is 0 Å². The van der Waals surface area contributed by atoms with Crippen molar-refractivity contribution in [1.82, 2.24) is 5.32 Å². The van der Waals surface area contributed by atoms with E-state index >= 15 is 0 Å². The number of halogens is 1. The van der Waals surface area contributed by atoms with E-state index in [9.17, 15) is 0 Å². The number of hydrogen-bond donors (Lipinski definition) is 1. The first kappa shape index (κ1) is 16.8. The average Bonchev–Trinajstić information content (AvgIpc) is 2.72. The van der Waals surface area contributed by atoms with Gasteiger partial charge in [0.25, 0.3) is 0 Å². The Labute approximate surface area is 135 Å². The molecule has 21 heavy (non-hydrogen) atoms. The van der Waals surface area contributed by atoms with Gasteiger partial charge in [-0.05, 0) is 54.8 Å². The molecule has 118 valence electrons. The first-order valence-corrected chi connectivity index (χ1v) is 9.01. The van der Waals surface area contributed by atoms with Crippen LogP contribution < -0.4 is 5.32 Å². The summed E-state index contributed by atoms with van der Waals surface area (Å²) >= 11 is 6.22. The van der Waals surface area contributed by atoms with Crippen LogP contribution in [0.15, 0.2) is 24.3 Å². The standard InChI is InChI=1S/C19H30ClN/c1-15(2)13-21-14-19(16-8-5-3-4-6-9-16)17-10-7-11-18(20)12-17/h7,10-12,15-16,19,21H,3-6,8-9,13-14H2,1-2H3. The Morgan fingerprint density at radius 2 is 1.81 bits per heavy atom. The summed E-state index contributed by atoms with van der Waals surface area (Å²) in [6, 6.07) is 8.52. The Morgan fingerprint density at radius 3 is 2.43 bits per heavy atom. The Kier molecular flexibility index (Phi) is 7.06. The van der Waals surface area contributed by atoms with Gasteiger partial charge in [-0.15, -0.1) is 0 Å². The summed E-state index contributed by atoms with van der Waals surface area (Å²) in [6.45, 7) is 6.73. The van der Waals surface area contributed by atoms with Crippen LogP contribution in [0.4, 0.5) is 0 Å². The zero-order valence-corrected chi connectivity index (χ0v) is 14.3. The van der Waals surface area contributed by atoms with Gasteiger partial charge >= 0.3 is 0 Å². The molecule has 1 aliphatic rings. The molecule has 1 aliphatic carbocycles. The van der Waals surface area contributed by atoms with E-state index in [2.05, 4.69) is 37.4 Å². The fraction of sp³-hybridized carbons (Fsp3) is 0.684. The lowest BCUT2D eigenvalue weighted by atomic mass is 9.81. The number of benzene rings is 1. The van der Waals surface area contributed by atoms with Crippen molar-refractivity contribution in [1.29, 1.82) is 0 Å². The first-order valence-electron chi connectivity index (χ1n) is 8.63. The van der Waals surface area contributed by atoms with Gasteiger partial charge in [-0.1, -0.05) is 63.3 Å². The molecule has 1 N–H and O–H groups in total. The molecule has 0 radical (unpaired) electrons. The van der Waals surface area contributed by atoms with E-state index in [0.717, 1.165) is 24.0 Å². The Morgan fingerprint density at radius 1 is 1.10 bits per heavy atom. The molecule has 1 saturated carbocycles. The molecule has 2 rings (SSSR count). The van der Waals surface area contributed by atoms with E-state index in [4.69, 9.17) is 11.6 Å². The maximum Gasteiger partial charge on any atom is 0.0408 e. The van der Waals surface area contributed by atoms with E-state index in [1.54, 1.807) is 0 Å². The molecule has 0 aromatic heterocycles. The molecule has 1 aromatic rings. The molecular weight excluding hydrogens is 278 g/mol. The minimum absolute atomic E-state index is 0.612. The van der Waals surface area contributed by atoms with E-state index in [1.165, 1.54) is 44.1 Å². The maximum absolute atomic E-state index is 6.22. The molecule has 1 nitrogen and oxygen atoms in total. The van der Waals surface area contributed by atoms with Gasteiger partial charge in [-0.25, -0.2) is 0 Å². The SMILES string of the molecule is CC(C)CNCC(c1cccc(Cl)c1)C1CCCCCC1. The van der Waals surface area contributed by atoms with Crippen molar-refractivity contribution in [3.05, 3.63) is 34.9 Å². The lowest BCUT2D eigenvalue weighted by Crippen LogP contribution is -2.29. The molecular formula is C19H30ClN. The predicted octanol–water partition coefficient (Wildman–Crippen LogP) is 5.64. The number of rotatable bonds is 6. The van der Waals surface area contributed by atoms with Crippen molar-refractivity contribution < 1.29 is 0 Å². The van der Waals surface area contributed by atoms with E-state index in [1.807, 2.05) is 6.07 Å². The molecule has 1 fully saturated rings. The lowest BCUT2D eigenvalue weighted by Gasteiger charge is -2.27. The summed E-state index contributed by atoms with van der Waals surface area (Å²) in [4.78, 5) is 0. The largest absolute Gasteiger partial charge is 0.316 e. The minimum Gasteiger partial charge on any atom is -0.316 e. The molecule has 2 heteroatoms. The second-order valence-electron chi connectivity index (χ2n) is 6.97. The highest BCUT2D eigenvalue weighted by Crippen LogP contribution is 2.35. The Bertz CT molecular complexity index is 408. The van der Waals surface area contributed by atoms with Gasteiger partial charge < -0.3 is 5.32 Å². The molecule has 1 aromatic carbocycles. The fourth-order valence-corrected chi connectivity index (χ4v) is 3.73. The van der Waals surface area contributed by atoms with Gasteiger partial charge in [0, 0.05) is 11.6 Å². The minimum atomic E-state index is 0.612. The monoisotopic (exact) mass is 307 g/mol. The van der Waals surface area contributed by atoms with Gasteiger partial charge in [0.05, 0.1) is 0 Å². The van der Waals surface area contributed by atoms with Crippen LogP contribution in [0.25, 0.3) is 0 Å². The predicted molar refractivity (Wildman–Crippen MR) is 93.1 cm³/mol. The number of hydrogen-bond acceptors (Lipinski definition) is 1. The third-order valence-corrected chi connectivity index (χ3v) is 4.90. The molecule has 0 heterocycles. The van der Waals surface area contributed by atoms with Gasteiger partial charge in [-0.3, -0.25) is 0 Å². The summed E-state index contributed by atoms with van der Waals surface area (Å²) < 4.78 is 0. The highest BCUT2D eigenvalue weighted by atomic mass is 35.5. The zero-order chi connectivity index (χ0) is 15.1. The van der Waals surface area contributed by atoms with Crippen LogP contribution in [-0.4, -0.2) is 13.1 Å². The topological polar surface area (TPSA) is 12.0 Å². The van der Waals surface area contributed by atoms with Crippen molar-refractivity contribution in [3.8, 4) is 0 Å². The second-order valence-corrected chi connectivity index (χ2v) is 7.40. The van der Waals surface area contributed by atoms with E-state index in [0.29, 0.717) is 11.8 Å². The number of nitrogens with one attached hydrogen (secondary N) is 1. The molecule has 0 aliphatic heterocycles. The van der Waals surface area contributed by atoms with Crippen LogP contribution >= 0.6 is 11.6 Å². The van der Waals surface area contributed by atoms with Crippen LogP contribution in [0.1, 0.15) is 63.9 Å². The van der Waals surface area contributed by atoms with Crippen molar-refractivity contribution >= 4 is 11.6 Å². The molecule has 0 amide bonds. The molecule has 1 atom stereocenters. The summed E-state index contributed by atoms with van der Waals surface area (Å²) in [5.41, 5.74) is 1.42. The average molecular weight is 308 g/mol. The molecule has 0 bridgehead atoms. The smallest absolute Gasteiger partial charge is 0.0408 e. The lowest BCUT2D eigenvalue weighted by molar-refractivity contribution is 0.355. The Balaban J connectivity index is 2.08. The van der Waals surface area contributed by atoms with Crippen LogP contribution in [-0.2, 0) is 0 Å². The molecule has 0 saturated heterocycles. The van der Waals surface area contributed by atoms with Crippen LogP contribution in [0.2, 0.25) is 5.02 Å². The van der Waals surface area contributed by atoms with Crippen molar-refractivity contribution in [2.24, 2.45) is 11.8 Å². The highest BCUT2D eigenvalue weighted by Gasteiger charge is 2.24. The zero-order valence-electron chi connectivity index (χ0n) is 13.6. The summed E-state index contributed by atoms with van der Waals surface area (Å²) in [5.74, 6) is 2.13. The summed E-state index contributed by atoms with van der Waals surface area (Å²) in [7, 11) is 0. The van der Waals surface area contributed by atoms with Crippen molar-refractivity contribution in [3.63, 3.8) is 0 Å². The van der Waals surface area contributed by atoms with E-state index in [-0.39, 0.29) is 0 Å². The molecule has 1 unspecified atom stereocenters. The van der Waals surface area contributed by atoms with Crippen molar-refractivity contribution in [2.75, 3.05) is 13.1 Å². The van der Waals surface area contributed by atoms with Crippen LogP contribution in [0.5, 0.6) is 0 Å². The third kappa shape index (κ3) is 5.64. The van der Waals surface area contributed by atoms with Crippen LogP contribution in [0.3, 0.4) is 0 Å². The Hall–Kier alpha value is -0.530. The normalized spacial score (nSPS) is 18.7. The van der Waals surface area contributed by atoms with E-state index < -0.39 is 0 Å². The summed E-state index contributed by atoms with van der Waals surface area (Å²) in [6.07, 6.45) is 8.37. The van der Waals surface area contributed by atoms with Gasteiger partial charge in [0.15, 0.2) is 0 Å². The summed E-state index contributed by atoms with van der Waals surface area (Å²) in [5, 5.41) is 4.55.